The van der Waals surface area contributed by atoms with E-state index in [-0.39, 0.29) is 9.20 Å². The predicted octanol–water partition coefficient (Wildman–Crippen LogP) is 2.18. The van der Waals surface area contributed by atoms with Gasteiger partial charge in [0.05, 0.1) is 0 Å². The number of nitrogens with one attached hydrogen (secondary N) is 1. The molecule has 0 spiro atoms. The minimum absolute atomic E-state index is 0.279. The van der Waals surface area contributed by atoms with Crippen molar-refractivity contribution in [2.45, 2.75) is 4.21 Å². The second kappa shape index (κ2) is 5.05. The van der Waals surface area contributed by atoms with Crippen LogP contribution in [0.15, 0.2) is 46.0 Å². The molecule has 0 aliphatic heterocycles. The SMILES string of the molecule is NC(=S)c1ccc(NS(=O)(=O)c2cccs2)cc1. The van der Waals surface area contributed by atoms with Crippen LogP contribution in [0.3, 0.4) is 0 Å². The van der Waals surface area contributed by atoms with Crippen molar-refractivity contribution >= 4 is 44.3 Å². The Morgan fingerprint density at radius 2 is 1.89 bits per heavy atom. The molecule has 2 rings (SSSR count). The highest BCUT2D eigenvalue weighted by atomic mass is 32.2. The molecule has 3 N–H and O–H groups in total. The Bertz CT molecular complexity index is 646. The van der Waals surface area contributed by atoms with Crippen LogP contribution in [0.5, 0.6) is 0 Å². The van der Waals surface area contributed by atoms with E-state index in [1.165, 1.54) is 11.3 Å². The van der Waals surface area contributed by atoms with Gasteiger partial charge in [-0.3, -0.25) is 4.72 Å². The average Bonchev–Trinajstić information content (AvgIpc) is 2.83. The van der Waals surface area contributed by atoms with E-state index >= 15 is 0 Å². The van der Waals surface area contributed by atoms with E-state index in [0.29, 0.717) is 11.3 Å². The zero-order chi connectivity index (χ0) is 13.2. The fourth-order valence-corrected chi connectivity index (χ4v) is 3.51. The second-order valence-corrected chi connectivity index (χ2v) is 6.78. The summed E-state index contributed by atoms with van der Waals surface area (Å²) in [5, 5.41) is 1.71. The Morgan fingerprint density at radius 3 is 2.39 bits per heavy atom. The molecule has 7 heteroatoms. The van der Waals surface area contributed by atoms with Gasteiger partial charge in [-0.05, 0) is 35.7 Å². The number of nitrogens with two attached hydrogens (primary N) is 1. The molecule has 0 bridgehead atoms. The molecule has 0 saturated carbocycles. The van der Waals surface area contributed by atoms with Crippen LogP contribution in [0.2, 0.25) is 0 Å². The topological polar surface area (TPSA) is 72.2 Å². The molecule has 0 amide bonds. The molecule has 4 nitrogen and oxygen atoms in total. The zero-order valence-electron chi connectivity index (χ0n) is 9.16. The third kappa shape index (κ3) is 2.87. The van der Waals surface area contributed by atoms with E-state index < -0.39 is 10.0 Å². The standard InChI is InChI=1S/C11H10N2O2S3/c12-11(16)8-3-5-9(6-4-8)13-18(14,15)10-2-1-7-17-10/h1-7,13H,(H2,12,16). The van der Waals surface area contributed by atoms with Gasteiger partial charge in [-0.25, -0.2) is 8.42 Å². The average molecular weight is 298 g/mol. The fraction of sp³-hybridized carbons (Fsp3) is 0. The summed E-state index contributed by atoms with van der Waals surface area (Å²) in [5.41, 5.74) is 6.64. The molecule has 2 aromatic rings. The van der Waals surface area contributed by atoms with Crippen LogP contribution in [0.1, 0.15) is 5.56 Å². The van der Waals surface area contributed by atoms with Crippen molar-refractivity contribution in [1.29, 1.82) is 0 Å². The maximum Gasteiger partial charge on any atom is 0.271 e. The van der Waals surface area contributed by atoms with Crippen LogP contribution in [0, 0.1) is 0 Å². The Kier molecular flexibility index (Phi) is 3.65. The molecule has 0 unspecified atom stereocenters. The van der Waals surface area contributed by atoms with Gasteiger partial charge in [0.25, 0.3) is 10.0 Å². The van der Waals surface area contributed by atoms with E-state index in [1.54, 1.807) is 41.8 Å². The molecule has 0 aliphatic carbocycles. The lowest BCUT2D eigenvalue weighted by Crippen LogP contribution is -2.12. The van der Waals surface area contributed by atoms with E-state index in [2.05, 4.69) is 4.72 Å². The normalized spacial score (nSPS) is 11.1. The van der Waals surface area contributed by atoms with Crippen LogP contribution in [0.4, 0.5) is 5.69 Å². The van der Waals surface area contributed by atoms with Gasteiger partial charge >= 0.3 is 0 Å². The van der Waals surface area contributed by atoms with E-state index in [1.807, 2.05) is 0 Å². The molecule has 1 aromatic heterocycles. The largest absolute Gasteiger partial charge is 0.389 e. The minimum atomic E-state index is -3.50. The summed E-state index contributed by atoms with van der Waals surface area (Å²) in [5.74, 6) is 0. The van der Waals surface area contributed by atoms with Crippen molar-refractivity contribution in [3.8, 4) is 0 Å². The molecule has 0 aliphatic rings. The lowest BCUT2D eigenvalue weighted by Gasteiger charge is -2.06. The van der Waals surface area contributed by atoms with Gasteiger partial charge in [0.2, 0.25) is 0 Å². The van der Waals surface area contributed by atoms with Gasteiger partial charge in [0.15, 0.2) is 0 Å². The van der Waals surface area contributed by atoms with Crippen LogP contribution >= 0.6 is 23.6 Å². The summed E-state index contributed by atoms with van der Waals surface area (Å²) in [4.78, 5) is 0.280. The third-order valence-corrected chi connectivity index (χ3v) is 5.20. The van der Waals surface area contributed by atoms with E-state index in [9.17, 15) is 8.42 Å². The zero-order valence-corrected chi connectivity index (χ0v) is 11.6. The van der Waals surface area contributed by atoms with E-state index in [0.717, 1.165) is 0 Å². The number of hydrogen-bond donors (Lipinski definition) is 2. The lowest BCUT2D eigenvalue weighted by molar-refractivity contribution is 0.603. The third-order valence-electron chi connectivity index (χ3n) is 2.18. The smallest absolute Gasteiger partial charge is 0.271 e. The number of hydrogen-bond acceptors (Lipinski definition) is 4. The Balaban J connectivity index is 2.22. The van der Waals surface area contributed by atoms with Crippen LogP contribution in [-0.2, 0) is 10.0 Å². The van der Waals surface area contributed by atoms with Crippen molar-refractivity contribution in [2.75, 3.05) is 4.72 Å². The minimum Gasteiger partial charge on any atom is -0.389 e. The summed E-state index contributed by atoms with van der Waals surface area (Å²) in [6, 6.07) is 9.84. The maximum atomic E-state index is 11.9. The molecular formula is C11H10N2O2S3. The first kappa shape index (κ1) is 13.0. The molecule has 1 aromatic carbocycles. The highest BCUT2D eigenvalue weighted by molar-refractivity contribution is 7.94. The number of thiophene rings is 1. The monoisotopic (exact) mass is 298 g/mol. The summed E-state index contributed by atoms with van der Waals surface area (Å²) in [6.45, 7) is 0. The highest BCUT2D eigenvalue weighted by Crippen LogP contribution is 2.20. The van der Waals surface area contributed by atoms with Gasteiger partial charge < -0.3 is 5.73 Å². The number of rotatable bonds is 4. The van der Waals surface area contributed by atoms with E-state index in [4.69, 9.17) is 18.0 Å². The maximum absolute atomic E-state index is 11.9. The predicted molar refractivity (Wildman–Crippen MR) is 77.5 cm³/mol. The summed E-state index contributed by atoms with van der Waals surface area (Å²) in [7, 11) is -3.50. The molecule has 0 atom stereocenters. The van der Waals surface area contributed by atoms with Gasteiger partial charge in [-0.1, -0.05) is 18.3 Å². The van der Waals surface area contributed by atoms with Gasteiger partial charge in [0.1, 0.15) is 9.20 Å². The van der Waals surface area contributed by atoms with Crippen LogP contribution < -0.4 is 10.5 Å². The van der Waals surface area contributed by atoms with Gasteiger partial charge in [0, 0.05) is 11.3 Å². The first-order valence-electron chi connectivity index (χ1n) is 4.95. The van der Waals surface area contributed by atoms with Crippen molar-refractivity contribution < 1.29 is 8.42 Å². The first-order chi connectivity index (χ1) is 8.49. The number of thiocarbonyl (C=S) groups is 1. The van der Waals surface area contributed by atoms with Crippen molar-refractivity contribution in [2.24, 2.45) is 5.73 Å². The number of sulfonamides is 1. The molecule has 0 saturated heterocycles. The second-order valence-electron chi connectivity index (χ2n) is 3.48. The first-order valence-corrected chi connectivity index (χ1v) is 7.72. The Morgan fingerprint density at radius 1 is 1.22 bits per heavy atom. The molecule has 18 heavy (non-hydrogen) atoms. The highest BCUT2D eigenvalue weighted by Gasteiger charge is 2.14. The summed E-state index contributed by atoms with van der Waals surface area (Å²) in [6.07, 6.45) is 0. The summed E-state index contributed by atoms with van der Waals surface area (Å²) >= 11 is 5.99. The quantitative estimate of drug-likeness (QED) is 0.849. The number of benzene rings is 1. The van der Waals surface area contributed by atoms with Crippen LogP contribution in [0.25, 0.3) is 0 Å². The fourth-order valence-electron chi connectivity index (χ4n) is 1.32. The molecule has 0 fully saturated rings. The van der Waals surface area contributed by atoms with Gasteiger partial charge in [-0.2, -0.15) is 0 Å². The van der Waals surface area contributed by atoms with Crippen molar-refractivity contribution in [3.63, 3.8) is 0 Å². The molecule has 0 radical (unpaired) electrons. The van der Waals surface area contributed by atoms with Crippen LogP contribution in [-0.4, -0.2) is 13.4 Å². The lowest BCUT2D eigenvalue weighted by atomic mass is 10.2. The molecule has 94 valence electrons. The number of anilines is 1. The van der Waals surface area contributed by atoms with Crippen molar-refractivity contribution in [1.82, 2.24) is 0 Å². The Labute approximate surface area is 115 Å². The molecular weight excluding hydrogens is 288 g/mol. The van der Waals surface area contributed by atoms with Gasteiger partial charge in [-0.15, -0.1) is 11.3 Å². The summed E-state index contributed by atoms with van der Waals surface area (Å²) < 4.78 is 26.6. The molecule has 1 heterocycles. The Hall–Kier alpha value is -1.44. The van der Waals surface area contributed by atoms with Crippen molar-refractivity contribution in [3.05, 3.63) is 47.3 Å².